The van der Waals surface area contributed by atoms with Crippen molar-refractivity contribution in [2.24, 2.45) is 7.05 Å². The number of fused-ring (bicyclic) bond motifs is 1. The van der Waals surface area contributed by atoms with Gasteiger partial charge in [-0.25, -0.2) is 15.0 Å². The summed E-state index contributed by atoms with van der Waals surface area (Å²) in [6.07, 6.45) is 6.52. The van der Waals surface area contributed by atoms with Crippen LogP contribution >= 0.6 is 11.3 Å². The van der Waals surface area contributed by atoms with Crippen LogP contribution in [-0.4, -0.2) is 32.2 Å². The minimum absolute atomic E-state index is 0.0780. The topological polar surface area (TPSA) is 64.9 Å². The number of thiophene rings is 1. The average molecular weight is 343 g/mol. The highest BCUT2D eigenvalue weighted by molar-refractivity contribution is 7.16. The summed E-state index contributed by atoms with van der Waals surface area (Å²) >= 11 is 1.67. The minimum atomic E-state index is 0.0780. The van der Waals surface area contributed by atoms with Crippen LogP contribution in [0.2, 0.25) is 0 Å². The summed E-state index contributed by atoms with van der Waals surface area (Å²) in [6.45, 7) is 2.83. The van der Waals surface area contributed by atoms with Gasteiger partial charge in [0.2, 0.25) is 0 Å². The van der Waals surface area contributed by atoms with E-state index in [1.165, 1.54) is 0 Å². The number of aromatic nitrogens is 4. The largest absolute Gasteiger partial charge is 0.372 e. The van der Waals surface area contributed by atoms with E-state index in [4.69, 9.17) is 9.72 Å². The molecule has 4 rings (SSSR count). The summed E-state index contributed by atoms with van der Waals surface area (Å²) in [5.41, 5.74) is 1.12. The van der Waals surface area contributed by atoms with Crippen molar-refractivity contribution in [1.82, 2.24) is 19.5 Å². The van der Waals surface area contributed by atoms with Crippen LogP contribution in [0.15, 0.2) is 24.0 Å². The molecule has 0 unspecified atom stereocenters. The molecule has 7 heteroatoms. The molecule has 3 aromatic rings. The first-order valence-corrected chi connectivity index (χ1v) is 9.21. The van der Waals surface area contributed by atoms with Gasteiger partial charge in [-0.1, -0.05) is 6.92 Å². The Labute approximate surface area is 144 Å². The predicted octanol–water partition coefficient (Wildman–Crippen LogP) is 3.32. The lowest BCUT2D eigenvalue weighted by molar-refractivity contribution is 0.00556. The van der Waals surface area contributed by atoms with Gasteiger partial charge in [-0.2, -0.15) is 0 Å². The van der Waals surface area contributed by atoms with Crippen molar-refractivity contribution < 1.29 is 4.74 Å². The van der Waals surface area contributed by atoms with Gasteiger partial charge in [0.15, 0.2) is 0 Å². The zero-order valence-electron chi connectivity index (χ0n) is 13.9. The fourth-order valence-electron chi connectivity index (χ4n) is 3.17. The zero-order chi connectivity index (χ0) is 16.5. The molecule has 1 saturated heterocycles. The van der Waals surface area contributed by atoms with Gasteiger partial charge in [-0.15, -0.1) is 11.3 Å². The molecule has 0 spiro atoms. The quantitative estimate of drug-likeness (QED) is 0.787. The zero-order valence-corrected chi connectivity index (χ0v) is 14.7. The molecular weight excluding hydrogens is 322 g/mol. The van der Waals surface area contributed by atoms with Crippen LogP contribution in [0.5, 0.6) is 0 Å². The van der Waals surface area contributed by atoms with E-state index in [1.54, 1.807) is 11.3 Å². The summed E-state index contributed by atoms with van der Waals surface area (Å²) in [7, 11) is 2.01. The molecular formula is C17H21N5OS. The Balaban J connectivity index is 1.57. The van der Waals surface area contributed by atoms with E-state index in [0.29, 0.717) is 6.04 Å². The van der Waals surface area contributed by atoms with Gasteiger partial charge in [-0.05, 0) is 24.3 Å². The first-order valence-electron chi connectivity index (χ1n) is 8.33. The number of nitrogens with zero attached hydrogens (tertiary/aromatic N) is 4. The first-order chi connectivity index (χ1) is 11.7. The number of hydrogen-bond acceptors (Lipinski definition) is 6. The molecule has 126 valence electrons. The lowest BCUT2D eigenvalue weighted by atomic mass is 10.0. The third kappa shape index (κ3) is 2.89. The van der Waals surface area contributed by atoms with Gasteiger partial charge in [-0.3, -0.25) is 0 Å². The number of rotatable bonds is 4. The number of nitrogens with one attached hydrogen (secondary N) is 1. The van der Waals surface area contributed by atoms with Crippen molar-refractivity contribution in [2.45, 2.75) is 38.3 Å². The lowest BCUT2D eigenvalue weighted by Gasteiger charge is -2.30. The van der Waals surface area contributed by atoms with Gasteiger partial charge in [0.05, 0.1) is 23.6 Å². The first kappa shape index (κ1) is 15.5. The van der Waals surface area contributed by atoms with E-state index in [1.807, 2.05) is 24.1 Å². The van der Waals surface area contributed by atoms with Gasteiger partial charge < -0.3 is 14.6 Å². The monoisotopic (exact) mass is 343 g/mol. The van der Waals surface area contributed by atoms with Gasteiger partial charge in [0.1, 0.15) is 22.6 Å². The Hall–Kier alpha value is -1.99. The maximum Gasteiger partial charge on any atom is 0.138 e. The third-order valence-corrected chi connectivity index (χ3v) is 5.30. The van der Waals surface area contributed by atoms with Crippen LogP contribution in [0, 0.1) is 0 Å². The van der Waals surface area contributed by atoms with E-state index >= 15 is 0 Å². The SMILES string of the molecule is CCc1nc(N[C@@H]2CCO[C@H](c3cncn3C)C2)c2ccsc2n1. The number of ether oxygens (including phenoxy) is 1. The number of anilines is 1. The standard InChI is InChI=1S/C17H21N5OS/c1-3-15-20-16(12-5-7-24-17(12)21-15)19-11-4-6-23-14(8-11)13-9-18-10-22(13)2/h5,7,9-11,14H,3-4,6,8H2,1-2H3,(H,19,20,21)/t11-,14+/m1/s1. The second-order valence-electron chi connectivity index (χ2n) is 6.14. The molecule has 1 aliphatic heterocycles. The fourth-order valence-corrected chi connectivity index (χ4v) is 3.96. The highest BCUT2D eigenvalue weighted by atomic mass is 32.1. The Morgan fingerprint density at radius 3 is 3.12 bits per heavy atom. The Bertz CT molecular complexity index is 842. The summed E-state index contributed by atoms with van der Waals surface area (Å²) < 4.78 is 7.99. The molecule has 1 aliphatic rings. The Kier molecular flexibility index (Phi) is 4.20. The minimum Gasteiger partial charge on any atom is -0.372 e. The highest BCUT2D eigenvalue weighted by Gasteiger charge is 2.26. The van der Waals surface area contributed by atoms with Gasteiger partial charge in [0.25, 0.3) is 0 Å². The highest BCUT2D eigenvalue weighted by Crippen LogP contribution is 2.31. The third-order valence-electron chi connectivity index (χ3n) is 4.50. The maximum absolute atomic E-state index is 5.96. The van der Waals surface area contributed by atoms with Crippen LogP contribution in [0.25, 0.3) is 10.2 Å². The fraction of sp³-hybridized carbons (Fsp3) is 0.471. The van der Waals surface area contributed by atoms with Crippen LogP contribution in [-0.2, 0) is 18.2 Å². The molecule has 1 N–H and O–H groups in total. The number of aryl methyl sites for hydroxylation is 2. The number of hydrogen-bond donors (Lipinski definition) is 1. The molecule has 3 aromatic heterocycles. The average Bonchev–Trinajstić information content (AvgIpc) is 3.23. The van der Waals surface area contributed by atoms with E-state index in [9.17, 15) is 0 Å². The van der Waals surface area contributed by atoms with Gasteiger partial charge >= 0.3 is 0 Å². The number of imidazole rings is 1. The molecule has 0 saturated carbocycles. The van der Waals surface area contributed by atoms with Crippen molar-refractivity contribution in [3.63, 3.8) is 0 Å². The normalized spacial score (nSPS) is 21.2. The summed E-state index contributed by atoms with van der Waals surface area (Å²) in [5, 5.41) is 6.83. The summed E-state index contributed by atoms with van der Waals surface area (Å²) in [6, 6.07) is 2.43. The van der Waals surface area contributed by atoms with E-state index in [0.717, 1.165) is 53.4 Å². The van der Waals surface area contributed by atoms with Crippen molar-refractivity contribution >= 4 is 27.4 Å². The Morgan fingerprint density at radius 1 is 1.42 bits per heavy atom. The molecule has 0 radical (unpaired) electrons. The van der Waals surface area contributed by atoms with Crippen LogP contribution in [0.1, 0.15) is 37.4 Å². The summed E-state index contributed by atoms with van der Waals surface area (Å²) in [5.74, 6) is 1.84. The van der Waals surface area contributed by atoms with Gasteiger partial charge in [0, 0.05) is 26.1 Å². The van der Waals surface area contributed by atoms with E-state index in [-0.39, 0.29) is 6.10 Å². The molecule has 2 atom stereocenters. The van der Waals surface area contributed by atoms with E-state index < -0.39 is 0 Å². The molecule has 0 bridgehead atoms. The van der Waals surface area contributed by atoms with Crippen LogP contribution in [0.3, 0.4) is 0 Å². The molecule has 6 nitrogen and oxygen atoms in total. The maximum atomic E-state index is 5.96. The predicted molar refractivity (Wildman–Crippen MR) is 95.3 cm³/mol. The van der Waals surface area contributed by atoms with Crippen LogP contribution < -0.4 is 5.32 Å². The Morgan fingerprint density at radius 2 is 2.33 bits per heavy atom. The smallest absolute Gasteiger partial charge is 0.138 e. The second kappa shape index (κ2) is 6.49. The molecule has 1 fully saturated rings. The molecule has 0 aromatic carbocycles. The molecule has 0 amide bonds. The van der Waals surface area contributed by atoms with Crippen molar-refractivity contribution in [2.75, 3.05) is 11.9 Å². The molecule has 24 heavy (non-hydrogen) atoms. The molecule has 0 aliphatic carbocycles. The summed E-state index contributed by atoms with van der Waals surface area (Å²) in [4.78, 5) is 14.6. The lowest BCUT2D eigenvalue weighted by Crippen LogP contribution is -2.31. The molecule has 4 heterocycles. The van der Waals surface area contributed by atoms with Crippen molar-refractivity contribution in [3.05, 3.63) is 35.5 Å². The van der Waals surface area contributed by atoms with Crippen molar-refractivity contribution in [1.29, 1.82) is 0 Å². The van der Waals surface area contributed by atoms with Crippen LogP contribution in [0.4, 0.5) is 5.82 Å². The van der Waals surface area contributed by atoms with E-state index in [2.05, 4.69) is 33.7 Å². The van der Waals surface area contributed by atoms with Crippen molar-refractivity contribution in [3.8, 4) is 0 Å². The second-order valence-corrected chi connectivity index (χ2v) is 7.03.